The van der Waals surface area contributed by atoms with Crippen LogP contribution in [0.25, 0.3) is 0 Å². The van der Waals surface area contributed by atoms with Crippen molar-refractivity contribution in [1.29, 1.82) is 0 Å². The van der Waals surface area contributed by atoms with Crippen LogP contribution < -0.4 is 15.9 Å². The molecule has 24 heavy (non-hydrogen) atoms. The Bertz CT molecular complexity index is 683. The zero-order valence-electron chi connectivity index (χ0n) is 14.0. The van der Waals surface area contributed by atoms with Gasteiger partial charge in [0.1, 0.15) is 0 Å². The fourth-order valence-electron chi connectivity index (χ4n) is 3.75. The quantitative estimate of drug-likeness (QED) is 0.369. The fourth-order valence-corrected chi connectivity index (χ4v) is 9.19. The van der Waals surface area contributed by atoms with Crippen LogP contribution in [0.3, 0.4) is 0 Å². The Morgan fingerprint density at radius 1 is 0.667 bits per heavy atom. The molecule has 0 saturated heterocycles. The Kier molecular flexibility index (Phi) is 6.01. The zero-order valence-corrected chi connectivity index (χ0v) is 17.2. The van der Waals surface area contributed by atoms with E-state index in [0.717, 1.165) is 6.16 Å². The van der Waals surface area contributed by atoms with Crippen LogP contribution in [0.1, 0.15) is 6.92 Å². The van der Waals surface area contributed by atoms with Crippen molar-refractivity contribution in [2.24, 2.45) is 0 Å². The average molecular weight is 446 g/mol. The molecule has 3 aromatic rings. The van der Waals surface area contributed by atoms with Gasteiger partial charge in [-0.2, -0.15) is 0 Å². The predicted octanol–water partition coefficient (Wildman–Crippen LogP) is 5.30. The van der Waals surface area contributed by atoms with Gasteiger partial charge in [0.25, 0.3) is 0 Å². The van der Waals surface area contributed by atoms with Crippen LogP contribution in [-0.4, -0.2) is 6.16 Å². The van der Waals surface area contributed by atoms with E-state index in [2.05, 4.69) is 110 Å². The van der Waals surface area contributed by atoms with Gasteiger partial charge in [0.2, 0.25) is 0 Å². The van der Waals surface area contributed by atoms with Gasteiger partial charge < -0.3 is 0 Å². The van der Waals surface area contributed by atoms with E-state index >= 15 is 0 Å². The minimum absolute atomic E-state index is 0. The standard InChI is InChI=1S/C22H23P.HI/c1-3-23(4-2,20-14-8-5-9-15-20,21-16-10-6-11-17-21)22-18-12-7-13-19-22;/h3,5-19H,1,4H2,2H3;1H. The molecule has 124 valence electrons. The first kappa shape index (κ1) is 18.9. The maximum Gasteiger partial charge on any atom is -0.107 e. The van der Waals surface area contributed by atoms with Crippen molar-refractivity contribution in [2.45, 2.75) is 6.92 Å². The smallest absolute Gasteiger partial charge is 0.107 e. The molecule has 0 bridgehead atoms. The van der Waals surface area contributed by atoms with E-state index in [4.69, 9.17) is 0 Å². The summed E-state index contributed by atoms with van der Waals surface area (Å²) in [5.41, 5.74) is 0. The summed E-state index contributed by atoms with van der Waals surface area (Å²) in [6, 6.07) is 32.7. The first-order valence-corrected chi connectivity index (χ1v) is 10.6. The minimum atomic E-state index is -2.66. The summed E-state index contributed by atoms with van der Waals surface area (Å²) < 4.78 is 0. The van der Waals surface area contributed by atoms with E-state index in [9.17, 15) is 0 Å². The van der Waals surface area contributed by atoms with Crippen molar-refractivity contribution in [2.75, 3.05) is 6.16 Å². The molecule has 0 fully saturated rings. The summed E-state index contributed by atoms with van der Waals surface area (Å²) in [6.45, 7) is 4.00. The largest absolute Gasteiger partial charge is 0.107 e. The summed E-state index contributed by atoms with van der Waals surface area (Å²) in [5.74, 6) is 2.26. The monoisotopic (exact) mass is 446 g/mol. The molecule has 3 rings (SSSR count). The van der Waals surface area contributed by atoms with E-state index in [1.807, 2.05) is 0 Å². The molecule has 0 aliphatic rings. The van der Waals surface area contributed by atoms with Crippen LogP contribution in [-0.2, 0) is 0 Å². The van der Waals surface area contributed by atoms with Gasteiger partial charge in [0.15, 0.2) is 0 Å². The second-order valence-corrected chi connectivity index (χ2v) is 11.2. The van der Waals surface area contributed by atoms with Gasteiger partial charge in [-0.1, -0.05) is 0 Å². The van der Waals surface area contributed by atoms with E-state index in [-0.39, 0.29) is 24.0 Å². The maximum atomic E-state index is 4.36. The molecule has 0 amide bonds. The third-order valence-electron chi connectivity index (χ3n) is 5.10. The molecule has 2 heteroatoms. The molecule has 0 saturated carbocycles. The molecule has 0 radical (unpaired) electrons. The van der Waals surface area contributed by atoms with Gasteiger partial charge in [-0.3, -0.25) is 0 Å². The van der Waals surface area contributed by atoms with Crippen LogP contribution in [0, 0.1) is 0 Å². The van der Waals surface area contributed by atoms with Crippen molar-refractivity contribution in [3.63, 3.8) is 0 Å². The van der Waals surface area contributed by atoms with Crippen LogP contribution >= 0.6 is 30.6 Å². The minimum Gasteiger partial charge on any atom is -0.107 e. The molecule has 0 atom stereocenters. The molecular weight excluding hydrogens is 422 g/mol. The van der Waals surface area contributed by atoms with Gasteiger partial charge in [-0.15, -0.1) is 24.0 Å². The van der Waals surface area contributed by atoms with Crippen LogP contribution in [0.4, 0.5) is 0 Å². The van der Waals surface area contributed by atoms with Crippen molar-refractivity contribution < 1.29 is 0 Å². The first-order valence-electron chi connectivity index (χ1n) is 8.09. The molecule has 0 unspecified atom stereocenters. The van der Waals surface area contributed by atoms with Crippen LogP contribution in [0.2, 0.25) is 0 Å². The molecule has 0 spiro atoms. The molecule has 0 nitrogen and oxygen atoms in total. The normalized spacial score (nSPS) is 12.5. The SMILES string of the molecule is C=CP(CC)(c1ccccc1)(c1ccccc1)c1ccccc1.I. The van der Waals surface area contributed by atoms with Gasteiger partial charge >= 0.3 is 139 Å². The first-order chi connectivity index (χ1) is 11.3. The molecule has 0 heterocycles. The summed E-state index contributed by atoms with van der Waals surface area (Å²) in [5, 5.41) is 4.15. The molecular formula is C22H24IP. The van der Waals surface area contributed by atoms with Crippen molar-refractivity contribution in [1.82, 2.24) is 0 Å². The predicted molar refractivity (Wildman–Crippen MR) is 121 cm³/mol. The Hall–Kier alpha value is -1.44. The molecule has 0 N–H and O–H groups in total. The zero-order chi connectivity index (χ0) is 16.2. The van der Waals surface area contributed by atoms with E-state index in [1.54, 1.807) is 0 Å². The van der Waals surface area contributed by atoms with Crippen molar-refractivity contribution >= 4 is 46.5 Å². The Labute approximate surface area is 162 Å². The number of halogens is 1. The van der Waals surface area contributed by atoms with Gasteiger partial charge in [-0.05, 0) is 0 Å². The molecule has 0 aromatic heterocycles. The van der Waals surface area contributed by atoms with E-state index in [0.29, 0.717) is 0 Å². The van der Waals surface area contributed by atoms with E-state index < -0.39 is 6.60 Å². The molecule has 3 aromatic carbocycles. The third-order valence-corrected chi connectivity index (χ3v) is 11.7. The van der Waals surface area contributed by atoms with Gasteiger partial charge in [-0.25, -0.2) is 0 Å². The maximum absolute atomic E-state index is 4.36. The van der Waals surface area contributed by atoms with Crippen LogP contribution in [0.5, 0.6) is 0 Å². The number of rotatable bonds is 5. The van der Waals surface area contributed by atoms with E-state index in [1.165, 1.54) is 15.9 Å². The van der Waals surface area contributed by atoms with Crippen molar-refractivity contribution in [3.8, 4) is 0 Å². The summed E-state index contributed by atoms with van der Waals surface area (Å²) in [4.78, 5) is 0. The summed E-state index contributed by atoms with van der Waals surface area (Å²) in [7, 11) is 0. The van der Waals surface area contributed by atoms with Crippen molar-refractivity contribution in [3.05, 3.63) is 103 Å². The Morgan fingerprint density at radius 3 is 1.17 bits per heavy atom. The average Bonchev–Trinajstić information content (AvgIpc) is 2.67. The second kappa shape index (κ2) is 7.63. The number of hydrogen-bond acceptors (Lipinski definition) is 0. The number of benzene rings is 3. The fraction of sp³-hybridized carbons (Fsp3) is 0.0909. The third kappa shape index (κ3) is 2.64. The molecule has 0 aliphatic heterocycles. The second-order valence-electron chi connectivity index (χ2n) is 5.89. The van der Waals surface area contributed by atoms with Gasteiger partial charge in [0, 0.05) is 0 Å². The Balaban J connectivity index is 0.00000208. The van der Waals surface area contributed by atoms with Gasteiger partial charge in [0.05, 0.1) is 0 Å². The van der Waals surface area contributed by atoms with Crippen LogP contribution in [0.15, 0.2) is 103 Å². The molecule has 0 aliphatic carbocycles. The topological polar surface area (TPSA) is 0 Å². The number of hydrogen-bond donors (Lipinski definition) is 0. The Morgan fingerprint density at radius 2 is 0.958 bits per heavy atom. The summed E-state index contributed by atoms with van der Waals surface area (Å²) in [6.07, 6.45) is 1.03. The summed E-state index contributed by atoms with van der Waals surface area (Å²) >= 11 is 0.